The number of methoxy groups -OCH3 is 1. The molecule has 1 amide bonds. The van der Waals surface area contributed by atoms with Crippen LogP contribution in [-0.4, -0.2) is 39.4 Å². The van der Waals surface area contributed by atoms with Gasteiger partial charge in [0.05, 0.1) is 12.2 Å². The lowest BCUT2D eigenvalue weighted by Crippen LogP contribution is -2.25. The zero-order valence-corrected chi connectivity index (χ0v) is 15.7. The van der Waals surface area contributed by atoms with Crippen LogP contribution in [0.1, 0.15) is 30.0 Å². The SMILES string of the molecule is COCCn1cc(C(=O)Nc2n[nH]c(CC(C)C)n2)c2ccccc2c1=O. The van der Waals surface area contributed by atoms with Crippen LogP contribution >= 0.6 is 0 Å². The van der Waals surface area contributed by atoms with Crippen molar-refractivity contribution in [3.63, 3.8) is 0 Å². The molecule has 0 aliphatic carbocycles. The second-order valence-electron chi connectivity index (χ2n) is 6.74. The van der Waals surface area contributed by atoms with E-state index in [-0.39, 0.29) is 17.4 Å². The summed E-state index contributed by atoms with van der Waals surface area (Å²) in [7, 11) is 1.57. The third-order valence-corrected chi connectivity index (χ3v) is 4.13. The Labute approximate surface area is 156 Å². The highest BCUT2D eigenvalue weighted by Gasteiger charge is 2.16. The Hall–Kier alpha value is -3.00. The van der Waals surface area contributed by atoms with Gasteiger partial charge in [0.1, 0.15) is 5.82 Å². The van der Waals surface area contributed by atoms with E-state index in [0.717, 1.165) is 12.2 Å². The second kappa shape index (κ2) is 8.13. The quantitative estimate of drug-likeness (QED) is 0.665. The average Bonchev–Trinajstić information content (AvgIpc) is 3.07. The molecule has 3 aromatic rings. The maximum atomic E-state index is 12.8. The number of aromatic nitrogens is 4. The Morgan fingerprint density at radius 2 is 2.04 bits per heavy atom. The number of anilines is 1. The number of benzene rings is 1. The highest BCUT2D eigenvalue weighted by Crippen LogP contribution is 2.17. The van der Waals surface area contributed by atoms with Crippen LogP contribution < -0.4 is 10.9 Å². The van der Waals surface area contributed by atoms with Gasteiger partial charge >= 0.3 is 0 Å². The van der Waals surface area contributed by atoms with Crippen molar-refractivity contribution in [2.45, 2.75) is 26.8 Å². The molecule has 0 saturated heterocycles. The summed E-state index contributed by atoms with van der Waals surface area (Å²) in [6.45, 7) is 4.89. The van der Waals surface area contributed by atoms with Crippen molar-refractivity contribution in [2.24, 2.45) is 5.92 Å². The Balaban J connectivity index is 1.94. The summed E-state index contributed by atoms with van der Waals surface area (Å²) < 4.78 is 6.55. The number of hydrogen-bond acceptors (Lipinski definition) is 5. The molecule has 142 valence electrons. The normalized spacial score (nSPS) is 11.3. The minimum atomic E-state index is -0.368. The minimum Gasteiger partial charge on any atom is -0.383 e. The third kappa shape index (κ3) is 4.22. The first-order chi connectivity index (χ1) is 13.0. The van der Waals surface area contributed by atoms with Gasteiger partial charge in [0.25, 0.3) is 11.5 Å². The maximum absolute atomic E-state index is 12.8. The van der Waals surface area contributed by atoms with Gasteiger partial charge in [-0.3, -0.25) is 20.0 Å². The molecule has 27 heavy (non-hydrogen) atoms. The fraction of sp³-hybridized carbons (Fsp3) is 0.368. The third-order valence-electron chi connectivity index (χ3n) is 4.13. The monoisotopic (exact) mass is 369 g/mol. The first kappa shape index (κ1) is 18.8. The molecular formula is C19H23N5O3. The number of ether oxygens (including phenoxy) is 1. The predicted molar refractivity (Wildman–Crippen MR) is 103 cm³/mol. The molecule has 0 aliphatic heterocycles. The molecule has 2 heterocycles. The summed E-state index contributed by atoms with van der Waals surface area (Å²) in [6.07, 6.45) is 2.30. The summed E-state index contributed by atoms with van der Waals surface area (Å²) in [5.74, 6) is 0.992. The van der Waals surface area contributed by atoms with Gasteiger partial charge in [-0.1, -0.05) is 32.0 Å². The second-order valence-corrected chi connectivity index (χ2v) is 6.74. The molecule has 0 fully saturated rings. The molecule has 0 spiro atoms. The van der Waals surface area contributed by atoms with Gasteiger partial charge in [-0.25, -0.2) is 0 Å². The molecule has 0 saturated carbocycles. The molecule has 2 N–H and O–H groups in total. The number of H-pyrrole nitrogens is 1. The van der Waals surface area contributed by atoms with E-state index < -0.39 is 0 Å². The van der Waals surface area contributed by atoms with Crippen molar-refractivity contribution < 1.29 is 9.53 Å². The predicted octanol–water partition coefficient (Wildman–Crippen LogP) is 2.22. The molecule has 1 aromatic carbocycles. The molecule has 2 aromatic heterocycles. The molecule has 3 rings (SSSR count). The molecule has 8 nitrogen and oxygen atoms in total. The average molecular weight is 369 g/mol. The molecule has 0 aliphatic rings. The molecule has 8 heteroatoms. The van der Waals surface area contributed by atoms with Gasteiger partial charge in [-0.15, -0.1) is 5.10 Å². The van der Waals surface area contributed by atoms with Gasteiger partial charge in [-0.2, -0.15) is 4.98 Å². The number of hydrogen-bond donors (Lipinski definition) is 2. The lowest BCUT2D eigenvalue weighted by Gasteiger charge is -2.11. The van der Waals surface area contributed by atoms with Crippen LogP contribution in [0.25, 0.3) is 10.8 Å². The van der Waals surface area contributed by atoms with E-state index in [1.165, 1.54) is 4.57 Å². The Morgan fingerprint density at radius 1 is 1.30 bits per heavy atom. The number of amides is 1. The molecule has 0 bridgehead atoms. The molecular weight excluding hydrogens is 346 g/mol. The topological polar surface area (TPSA) is 102 Å². The van der Waals surface area contributed by atoms with Crippen LogP contribution in [0, 0.1) is 5.92 Å². The highest BCUT2D eigenvalue weighted by atomic mass is 16.5. The van der Waals surface area contributed by atoms with Crippen molar-refractivity contribution in [3.8, 4) is 0 Å². The van der Waals surface area contributed by atoms with Gasteiger partial charge in [0, 0.05) is 37.0 Å². The largest absolute Gasteiger partial charge is 0.383 e. The fourth-order valence-electron chi connectivity index (χ4n) is 2.88. The van der Waals surface area contributed by atoms with Gasteiger partial charge in [0.15, 0.2) is 0 Å². The number of rotatable bonds is 7. The number of aromatic amines is 1. The van der Waals surface area contributed by atoms with Gasteiger partial charge in [-0.05, 0) is 12.0 Å². The van der Waals surface area contributed by atoms with E-state index in [4.69, 9.17) is 4.74 Å². The number of nitrogens with zero attached hydrogens (tertiary/aromatic N) is 3. The van der Waals surface area contributed by atoms with Crippen LogP contribution in [0.2, 0.25) is 0 Å². The van der Waals surface area contributed by atoms with Crippen molar-refractivity contribution in [2.75, 3.05) is 19.0 Å². The van der Waals surface area contributed by atoms with E-state index in [9.17, 15) is 9.59 Å². The van der Waals surface area contributed by atoms with Crippen molar-refractivity contribution in [1.82, 2.24) is 19.7 Å². The minimum absolute atomic E-state index is 0.156. The summed E-state index contributed by atoms with van der Waals surface area (Å²) in [6, 6.07) is 7.05. The van der Waals surface area contributed by atoms with Crippen LogP contribution in [0.15, 0.2) is 35.3 Å². The fourth-order valence-corrected chi connectivity index (χ4v) is 2.88. The first-order valence-electron chi connectivity index (χ1n) is 8.83. The lowest BCUT2D eigenvalue weighted by atomic mass is 10.1. The lowest BCUT2D eigenvalue weighted by molar-refractivity contribution is 0.102. The van der Waals surface area contributed by atoms with Gasteiger partial charge in [0.2, 0.25) is 5.95 Å². The summed E-state index contributed by atoms with van der Waals surface area (Å²) in [5, 5.41) is 10.7. The number of pyridine rings is 1. The maximum Gasteiger partial charge on any atom is 0.260 e. The van der Waals surface area contributed by atoms with E-state index in [0.29, 0.717) is 35.4 Å². The highest BCUT2D eigenvalue weighted by molar-refractivity contribution is 6.12. The van der Waals surface area contributed by atoms with Crippen molar-refractivity contribution in [1.29, 1.82) is 0 Å². The molecule has 0 atom stereocenters. The van der Waals surface area contributed by atoms with Crippen LogP contribution in [0.4, 0.5) is 5.95 Å². The summed E-state index contributed by atoms with van der Waals surface area (Å²) >= 11 is 0. The molecule has 0 radical (unpaired) electrons. The van der Waals surface area contributed by atoms with E-state index in [1.807, 2.05) is 0 Å². The van der Waals surface area contributed by atoms with Crippen LogP contribution in [0.3, 0.4) is 0 Å². The number of fused-ring (bicyclic) bond motifs is 1. The smallest absolute Gasteiger partial charge is 0.260 e. The summed E-state index contributed by atoms with van der Waals surface area (Å²) in [5.41, 5.74) is 0.229. The van der Waals surface area contributed by atoms with Crippen LogP contribution in [0.5, 0.6) is 0 Å². The molecule has 0 unspecified atom stereocenters. The van der Waals surface area contributed by atoms with Crippen LogP contribution in [-0.2, 0) is 17.7 Å². The Bertz CT molecular complexity index is 1010. The zero-order chi connectivity index (χ0) is 19.4. The van der Waals surface area contributed by atoms with Crippen molar-refractivity contribution in [3.05, 3.63) is 52.2 Å². The standard InChI is InChI=1S/C19H23N5O3/c1-12(2)10-16-20-19(23-22-16)21-17(25)15-11-24(8-9-27-3)18(26)14-7-5-4-6-13(14)15/h4-7,11-12H,8-10H2,1-3H3,(H2,20,21,22,23,25). The zero-order valence-electron chi connectivity index (χ0n) is 15.7. The van der Waals surface area contributed by atoms with E-state index in [2.05, 4.69) is 34.3 Å². The number of carbonyl (C=O) groups excluding carboxylic acids is 1. The number of carbonyl (C=O) groups is 1. The Morgan fingerprint density at radius 3 is 2.74 bits per heavy atom. The first-order valence-corrected chi connectivity index (χ1v) is 8.83. The Kier molecular flexibility index (Phi) is 5.66. The van der Waals surface area contributed by atoms with Crippen molar-refractivity contribution >= 4 is 22.6 Å². The summed E-state index contributed by atoms with van der Waals surface area (Å²) in [4.78, 5) is 29.8. The van der Waals surface area contributed by atoms with E-state index >= 15 is 0 Å². The van der Waals surface area contributed by atoms with Gasteiger partial charge < -0.3 is 9.30 Å². The number of nitrogens with one attached hydrogen (secondary N) is 2. The van der Waals surface area contributed by atoms with E-state index in [1.54, 1.807) is 37.6 Å².